The van der Waals surface area contributed by atoms with Gasteiger partial charge in [-0.05, 0) is 44.9 Å². The predicted octanol–water partition coefficient (Wildman–Crippen LogP) is 3.32. The van der Waals surface area contributed by atoms with Gasteiger partial charge in [0.25, 0.3) is 0 Å². The third kappa shape index (κ3) is 2.05. The molecule has 2 aliphatic rings. The Bertz CT molecular complexity index is 573. The molecule has 2 aliphatic heterocycles. The highest BCUT2D eigenvalue weighted by Crippen LogP contribution is 2.30. The summed E-state index contributed by atoms with van der Waals surface area (Å²) < 4.78 is 5.98. The van der Waals surface area contributed by atoms with Gasteiger partial charge in [0.15, 0.2) is 0 Å². The molecule has 0 saturated carbocycles. The van der Waals surface area contributed by atoms with Crippen molar-refractivity contribution >= 4 is 11.0 Å². The zero-order valence-electron chi connectivity index (χ0n) is 12.0. The number of benzene rings is 1. The van der Waals surface area contributed by atoms with Crippen LogP contribution in [-0.4, -0.2) is 30.1 Å². The predicted molar refractivity (Wildman–Crippen MR) is 80.8 cm³/mol. The van der Waals surface area contributed by atoms with E-state index in [4.69, 9.17) is 4.42 Å². The van der Waals surface area contributed by atoms with Crippen LogP contribution in [0.1, 0.15) is 38.0 Å². The maximum atomic E-state index is 5.98. The Morgan fingerprint density at radius 2 is 2.15 bits per heavy atom. The normalized spacial score (nSPS) is 28.1. The molecule has 2 aromatic rings. The number of para-hydroxylation sites is 1. The van der Waals surface area contributed by atoms with E-state index >= 15 is 0 Å². The molecule has 0 spiro atoms. The highest BCUT2D eigenvalue weighted by Gasteiger charge is 2.37. The smallest absolute Gasteiger partial charge is 0.134 e. The van der Waals surface area contributed by atoms with Gasteiger partial charge in [0, 0.05) is 24.0 Å². The minimum absolute atomic E-state index is 0.285. The van der Waals surface area contributed by atoms with Crippen molar-refractivity contribution in [3.63, 3.8) is 0 Å². The van der Waals surface area contributed by atoms with Crippen LogP contribution in [0.3, 0.4) is 0 Å². The molecule has 2 saturated heterocycles. The molecular weight excluding hydrogens is 248 g/mol. The van der Waals surface area contributed by atoms with E-state index in [1.54, 1.807) is 0 Å². The molecule has 106 valence electrons. The first kappa shape index (κ1) is 12.4. The van der Waals surface area contributed by atoms with Crippen molar-refractivity contribution in [1.29, 1.82) is 0 Å². The highest BCUT2D eigenvalue weighted by atomic mass is 16.3. The lowest BCUT2D eigenvalue weighted by atomic mass is 10.1. The fraction of sp³-hybridized carbons (Fsp3) is 0.529. The molecule has 3 heterocycles. The molecule has 1 aromatic heterocycles. The summed E-state index contributed by atoms with van der Waals surface area (Å²) in [5, 5.41) is 4.99. The highest BCUT2D eigenvalue weighted by molar-refractivity contribution is 5.77. The van der Waals surface area contributed by atoms with E-state index in [1.807, 2.05) is 12.1 Å². The number of hydrogen-bond acceptors (Lipinski definition) is 3. The van der Waals surface area contributed by atoms with Gasteiger partial charge in [0.2, 0.25) is 0 Å². The Hall–Kier alpha value is -1.32. The molecule has 3 unspecified atom stereocenters. The van der Waals surface area contributed by atoms with Crippen LogP contribution in [0.15, 0.2) is 34.7 Å². The van der Waals surface area contributed by atoms with E-state index in [-0.39, 0.29) is 6.04 Å². The molecule has 3 atom stereocenters. The van der Waals surface area contributed by atoms with E-state index in [1.165, 1.54) is 37.7 Å². The van der Waals surface area contributed by atoms with Crippen LogP contribution in [0.5, 0.6) is 0 Å². The van der Waals surface area contributed by atoms with Gasteiger partial charge in [0.05, 0.1) is 6.04 Å². The van der Waals surface area contributed by atoms with Gasteiger partial charge in [-0.1, -0.05) is 18.2 Å². The number of fused-ring (bicyclic) bond motifs is 2. The van der Waals surface area contributed by atoms with Crippen molar-refractivity contribution in [3.05, 3.63) is 36.1 Å². The molecular formula is C17H22N2O. The zero-order valence-corrected chi connectivity index (χ0v) is 12.0. The second-order valence-electron chi connectivity index (χ2n) is 6.22. The number of nitrogens with zero attached hydrogens (tertiary/aromatic N) is 1. The van der Waals surface area contributed by atoms with Gasteiger partial charge >= 0.3 is 0 Å². The molecule has 2 fully saturated rings. The van der Waals surface area contributed by atoms with Gasteiger partial charge < -0.3 is 9.73 Å². The number of furan rings is 1. The third-order valence-electron chi connectivity index (χ3n) is 4.94. The number of hydrogen-bond donors (Lipinski definition) is 1. The third-order valence-corrected chi connectivity index (χ3v) is 4.94. The van der Waals surface area contributed by atoms with Crippen LogP contribution < -0.4 is 5.32 Å². The summed E-state index contributed by atoms with van der Waals surface area (Å²) >= 11 is 0. The average molecular weight is 270 g/mol. The van der Waals surface area contributed by atoms with Crippen molar-refractivity contribution in [1.82, 2.24) is 10.2 Å². The van der Waals surface area contributed by atoms with Crippen LogP contribution in [0, 0.1) is 0 Å². The lowest BCUT2D eigenvalue weighted by molar-refractivity contribution is 0.286. The molecule has 0 aliphatic carbocycles. The number of rotatable bonds is 3. The second-order valence-corrected chi connectivity index (χ2v) is 6.22. The fourth-order valence-corrected chi connectivity index (χ4v) is 3.90. The molecule has 0 bridgehead atoms. The second kappa shape index (κ2) is 4.90. The van der Waals surface area contributed by atoms with Gasteiger partial charge in [-0.15, -0.1) is 0 Å². The van der Waals surface area contributed by atoms with Crippen LogP contribution >= 0.6 is 0 Å². The van der Waals surface area contributed by atoms with Crippen LogP contribution in [-0.2, 0) is 0 Å². The standard InChI is InChI=1S/C17H22N2O/c1-12(17-11-13-5-2-3-7-16(13)20-17)18-14-8-10-19-9-4-6-15(14)19/h2-3,5,7,11-12,14-15,18H,4,6,8-10H2,1H3. The Kier molecular flexibility index (Phi) is 3.04. The van der Waals surface area contributed by atoms with Crippen molar-refractivity contribution in [2.45, 2.75) is 44.3 Å². The van der Waals surface area contributed by atoms with E-state index in [9.17, 15) is 0 Å². The summed E-state index contributed by atoms with van der Waals surface area (Å²) in [7, 11) is 0. The van der Waals surface area contributed by atoms with E-state index in [2.05, 4.69) is 35.3 Å². The quantitative estimate of drug-likeness (QED) is 0.927. The Morgan fingerprint density at radius 1 is 1.25 bits per heavy atom. The summed E-state index contributed by atoms with van der Waals surface area (Å²) in [5.41, 5.74) is 0.991. The van der Waals surface area contributed by atoms with E-state index in [0.717, 1.165) is 17.4 Å². The molecule has 1 N–H and O–H groups in total. The minimum Gasteiger partial charge on any atom is -0.459 e. The van der Waals surface area contributed by atoms with Crippen LogP contribution in [0.4, 0.5) is 0 Å². The summed E-state index contributed by atoms with van der Waals surface area (Å²) in [6.07, 6.45) is 3.99. The van der Waals surface area contributed by atoms with Crippen molar-refractivity contribution in [3.8, 4) is 0 Å². The first-order valence-electron chi connectivity index (χ1n) is 7.80. The lowest BCUT2D eigenvalue weighted by Gasteiger charge is -2.24. The lowest BCUT2D eigenvalue weighted by Crippen LogP contribution is -2.40. The van der Waals surface area contributed by atoms with Gasteiger partial charge in [-0.25, -0.2) is 0 Å². The molecule has 3 nitrogen and oxygen atoms in total. The minimum atomic E-state index is 0.285. The molecule has 20 heavy (non-hydrogen) atoms. The first-order chi connectivity index (χ1) is 9.81. The van der Waals surface area contributed by atoms with E-state index in [0.29, 0.717) is 6.04 Å². The molecule has 0 amide bonds. The topological polar surface area (TPSA) is 28.4 Å². The van der Waals surface area contributed by atoms with Gasteiger partial charge in [0.1, 0.15) is 11.3 Å². The summed E-state index contributed by atoms with van der Waals surface area (Å²) in [4.78, 5) is 2.64. The van der Waals surface area contributed by atoms with Crippen LogP contribution in [0.25, 0.3) is 11.0 Å². The monoisotopic (exact) mass is 270 g/mol. The summed E-state index contributed by atoms with van der Waals surface area (Å²) in [5.74, 6) is 1.06. The summed E-state index contributed by atoms with van der Waals surface area (Å²) in [6, 6.07) is 12.1. The van der Waals surface area contributed by atoms with Crippen molar-refractivity contribution < 1.29 is 4.42 Å². The number of nitrogens with one attached hydrogen (secondary N) is 1. The van der Waals surface area contributed by atoms with Gasteiger partial charge in [-0.2, -0.15) is 0 Å². The zero-order chi connectivity index (χ0) is 13.5. The maximum Gasteiger partial charge on any atom is 0.134 e. The Labute approximate surface area is 119 Å². The largest absolute Gasteiger partial charge is 0.459 e. The molecule has 4 rings (SSSR count). The Morgan fingerprint density at radius 3 is 3.05 bits per heavy atom. The maximum absolute atomic E-state index is 5.98. The molecule has 3 heteroatoms. The Balaban J connectivity index is 1.51. The van der Waals surface area contributed by atoms with Crippen molar-refractivity contribution in [2.75, 3.05) is 13.1 Å². The average Bonchev–Trinajstić information content (AvgIpc) is 3.13. The first-order valence-corrected chi connectivity index (χ1v) is 7.80. The molecule has 1 aromatic carbocycles. The fourth-order valence-electron chi connectivity index (χ4n) is 3.90. The summed E-state index contributed by atoms with van der Waals surface area (Å²) in [6.45, 7) is 4.77. The SMILES string of the molecule is CC(NC1CCN2CCCC12)c1cc2ccccc2o1. The molecule has 0 radical (unpaired) electrons. The van der Waals surface area contributed by atoms with Crippen molar-refractivity contribution in [2.24, 2.45) is 0 Å². The van der Waals surface area contributed by atoms with E-state index < -0.39 is 0 Å². The van der Waals surface area contributed by atoms with Crippen LogP contribution in [0.2, 0.25) is 0 Å². The van der Waals surface area contributed by atoms with Gasteiger partial charge in [-0.3, -0.25) is 4.90 Å².